The summed E-state index contributed by atoms with van der Waals surface area (Å²) >= 11 is 9.99. The molecular formula is C12H15BrN2OS2. The van der Waals surface area contributed by atoms with Crippen LogP contribution in [0.5, 0.6) is 0 Å². The summed E-state index contributed by atoms with van der Waals surface area (Å²) in [6, 6.07) is 1.88. The molecule has 2 rings (SSSR count). The highest BCUT2D eigenvalue weighted by molar-refractivity contribution is 9.11. The SMILES string of the molecule is Cc1cc(C(=O)NC2(C(N)=S)CCCC2)sc1Br. The Balaban J connectivity index is 2.17. The zero-order chi connectivity index (χ0) is 13.3. The van der Waals surface area contributed by atoms with Gasteiger partial charge in [0.2, 0.25) is 0 Å². The fourth-order valence-corrected chi connectivity index (χ4v) is 3.95. The Morgan fingerprint density at radius 2 is 2.17 bits per heavy atom. The van der Waals surface area contributed by atoms with Crippen LogP contribution in [0.3, 0.4) is 0 Å². The Bertz CT molecular complexity index is 473. The number of hydrogen-bond donors (Lipinski definition) is 2. The van der Waals surface area contributed by atoms with Gasteiger partial charge in [-0.3, -0.25) is 4.79 Å². The quantitative estimate of drug-likeness (QED) is 0.826. The molecular weight excluding hydrogens is 332 g/mol. The van der Waals surface area contributed by atoms with Gasteiger partial charge in [0.05, 0.1) is 19.2 Å². The second-order valence-electron chi connectivity index (χ2n) is 4.67. The highest BCUT2D eigenvalue weighted by atomic mass is 79.9. The van der Waals surface area contributed by atoms with Gasteiger partial charge in [0.1, 0.15) is 0 Å². The maximum Gasteiger partial charge on any atom is 0.262 e. The molecule has 0 atom stereocenters. The summed E-state index contributed by atoms with van der Waals surface area (Å²) < 4.78 is 0.989. The van der Waals surface area contributed by atoms with E-state index in [4.69, 9.17) is 18.0 Å². The fraction of sp³-hybridized carbons (Fsp3) is 0.500. The van der Waals surface area contributed by atoms with Crippen LogP contribution in [0.2, 0.25) is 0 Å². The van der Waals surface area contributed by atoms with Crippen molar-refractivity contribution in [1.29, 1.82) is 0 Å². The number of halogens is 1. The summed E-state index contributed by atoms with van der Waals surface area (Å²) in [5.74, 6) is -0.0801. The van der Waals surface area contributed by atoms with Crippen molar-refractivity contribution in [2.45, 2.75) is 38.1 Å². The summed E-state index contributed by atoms with van der Waals surface area (Å²) in [6.07, 6.45) is 3.81. The number of carbonyl (C=O) groups is 1. The van der Waals surface area contributed by atoms with Crippen molar-refractivity contribution in [2.75, 3.05) is 0 Å². The molecule has 3 N–H and O–H groups in total. The molecule has 1 amide bonds. The van der Waals surface area contributed by atoms with Crippen LogP contribution >= 0.6 is 39.5 Å². The van der Waals surface area contributed by atoms with Crippen LogP contribution in [-0.2, 0) is 0 Å². The molecule has 18 heavy (non-hydrogen) atoms. The van der Waals surface area contributed by atoms with E-state index < -0.39 is 5.54 Å². The molecule has 0 bridgehead atoms. The summed E-state index contributed by atoms with van der Waals surface area (Å²) in [5.41, 5.74) is 6.40. The predicted octanol–water partition coefficient (Wildman–Crippen LogP) is 3.15. The Kier molecular flexibility index (Phi) is 4.08. The number of aryl methyl sites for hydroxylation is 1. The molecule has 1 aromatic rings. The van der Waals surface area contributed by atoms with E-state index in [0.717, 1.165) is 35.0 Å². The number of thiophene rings is 1. The Morgan fingerprint density at radius 3 is 2.61 bits per heavy atom. The third-order valence-electron chi connectivity index (χ3n) is 3.36. The third-order valence-corrected chi connectivity index (χ3v) is 5.89. The lowest BCUT2D eigenvalue weighted by atomic mass is 9.97. The molecule has 0 aliphatic heterocycles. The van der Waals surface area contributed by atoms with Gasteiger partial charge in [-0.1, -0.05) is 25.1 Å². The van der Waals surface area contributed by atoms with Gasteiger partial charge < -0.3 is 11.1 Å². The minimum atomic E-state index is -0.475. The van der Waals surface area contributed by atoms with Gasteiger partial charge in [0.25, 0.3) is 5.91 Å². The van der Waals surface area contributed by atoms with Crippen molar-refractivity contribution >= 4 is 50.4 Å². The van der Waals surface area contributed by atoms with E-state index in [9.17, 15) is 4.79 Å². The molecule has 6 heteroatoms. The third kappa shape index (κ3) is 2.60. The minimum absolute atomic E-state index is 0.0801. The van der Waals surface area contributed by atoms with Crippen molar-refractivity contribution in [3.8, 4) is 0 Å². The van der Waals surface area contributed by atoms with Crippen LogP contribution in [-0.4, -0.2) is 16.4 Å². The average Bonchev–Trinajstić information content (AvgIpc) is 2.88. The molecule has 1 heterocycles. The maximum atomic E-state index is 12.2. The standard InChI is InChI=1S/C12H15BrN2OS2/c1-7-6-8(18-9(7)13)10(16)15-12(11(14)17)4-2-3-5-12/h6H,2-5H2,1H3,(H2,14,17)(H,15,16). The normalized spacial score (nSPS) is 17.7. The van der Waals surface area contributed by atoms with Crippen LogP contribution in [0, 0.1) is 6.92 Å². The van der Waals surface area contributed by atoms with Gasteiger partial charge >= 0.3 is 0 Å². The molecule has 3 nitrogen and oxygen atoms in total. The van der Waals surface area contributed by atoms with Crippen LogP contribution in [0.1, 0.15) is 40.9 Å². The highest BCUT2D eigenvalue weighted by Gasteiger charge is 2.38. The van der Waals surface area contributed by atoms with Gasteiger partial charge in [-0.15, -0.1) is 11.3 Å². The van der Waals surface area contributed by atoms with Crippen molar-refractivity contribution in [3.05, 3.63) is 20.3 Å². The van der Waals surface area contributed by atoms with E-state index in [-0.39, 0.29) is 5.91 Å². The molecule has 1 fully saturated rings. The molecule has 1 aliphatic carbocycles. The largest absolute Gasteiger partial charge is 0.391 e. The molecule has 0 saturated heterocycles. The first-order chi connectivity index (χ1) is 8.44. The second-order valence-corrected chi connectivity index (χ2v) is 7.48. The zero-order valence-electron chi connectivity index (χ0n) is 10.1. The smallest absolute Gasteiger partial charge is 0.262 e. The van der Waals surface area contributed by atoms with Gasteiger partial charge in [-0.05, 0) is 47.3 Å². The lowest BCUT2D eigenvalue weighted by Gasteiger charge is -2.28. The second kappa shape index (κ2) is 5.27. The van der Waals surface area contributed by atoms with Crippen LogP contribution in [0.15, 0.2) is 9.85 Å². The van der Waals surface area contributed by atoms with E-state index in [2.05, 4.69) is 21.2 Å². The van der Waals surface area contributed by atoms with Crippen molar-refractivity contribution < 1.29 is 4.79 Å². The lowest BCUT2D eigenvalue weighted by molar-refractivity contribution is 0.0928. The number of thiocarbonyl (C=S) groups is 1. The van der Waals surface area contributed by atoms with Crippen molar-refractivity contribution in [3.63, 3.8) is 0 Å². The Hall–Kier alpha value is -0.460. The van der Waals surface area contributed by atoms with E-state index in [1.807, 2.05) is 13.0 Å². The molecule has 0 unspecified atom stereocenters. The van der Waals surface area contributed by atoms with E-state index >= 15 is 0 Å². The topological polar surface area (TPSA) is 55.1 Å². The number of nitrogens with one attached hydrogen (secondary N) is 1. The number of amides is 1. The maximum absolute atomic E-state index is 12.2. The molecule has 0 radical (unpaired) electrons. The number of nitrogens with two attached hydrogens (primary N) is 1. The molecule has 0 aromatic carbocycles. The number of carbonyl (C=O) groups excluding carboxylic acids is 1. The van der Waals surface area contributed by atoms with Crippen LogP contribution < -0.4 is 11.1 Å². The molecule has 98 valence electrons. The van der Waals surface area contributed by atoms with Gasteiger partial charge in [-0.25, -0.2) is 0 Å². The van der Waals surface area contributed by atoms with Crippen molar-refractivity contribution in [2.24, 2.45) is 5.73 Å². The van der Waals surface area contributed by atoms with E-state index in [0.29, 0.717) is 9.87 Å². The first-order valence-electron chi connectivity index (χ1n) is 5.83. The summed E-state index contributed by atoms with van der Waals surface area (Å²) in [5, 5.41) is 3.03. The Labute approximate surface area is 124 Å². The first kappa shape index (κ1) is 14.0. The number of hydrogen-bond acceptors (Lipinski definition) is 3. The van der Waals surface area contributed by atoms with Crippen LogP contribution in [0.4, 0.5) is 0 Å². The van der Waals surface area contributed by atoms with Crippen LogP contribution in [0.25, 0.3) is 0 Å². The first-order valence-corrected chi connectivity index (χ1v) is 7.85. The van der Waals surface area contributed by atoms with Gasteiger partial charge in [0, 0.05) is 0 Å². The molecule has 1 saturated carbocycles. The molecule has 0 spiro atoms. The lowest BCUT2D eigenvalue weighted by Crippen LogP contribution is -2.54. The molecule has 1 aliphatic rings. The van der Waals surface area contributed by atoms with Crippen molar-refractivity contribution in [1.82, 2.24) is 5.32 Å². The summed E-state index contributed by atoms with van der Waals surface area (Å²) in [7, 11) is 0. The van der Waals surface area contributed by atoms with Gasteiger partial charge in [0.15, 0.2) is 0 Å². The minimum Gasteiger partial charge on any atom is -0.391 e. The van der Waals surface area contributed by atoms with E-state index in [1.54, 1.807) is 0 Å². The van der Waals surface area contributed by atoms with E-state index in [1.165, 1.54) is 11.3 Å². The van der Waals surface area contributed by atoms with Gasteiger partial charge in [-0.2, -0.15) is 0 Å². The Morgan fingerprint density at radius 1 is 1.56 bits per heavy atom. The average molecular weight is 347 g/mol. The molecule has 1 aromatic heterocycles. The highest BCUT2D eigenvalue weighted by Crippen LogP contribution is 2.32. The zero-order valence-corrected chi connectivity index (χ0v) is 13.3. The fourth-order valence-electron chi connectivity index (χ4n) is 2.26. The summed E-state index contributed by atoms with van der Waals surface area (Å²) in [6.45, 7) is 1.97. The monoisotopic (exact) mass is 346 g/mol. The predicted molar refractivity (Wildman–Crippen MR) is 82.2 cm³/mol. The number of rotatable bonds is 3. The summed E-state index contributed by atoms with van der Waals surface area (Å²) in [4.78, 5) is 13.3.